The third kappa shape index (κ3) is 6.77. The normalized spacial score (nSPS) is 29.2. The lowest BCUT2D eigenvalue weighted by atomic mass is 9.73. The standard InChI is InChI=1S/C30H46O4/c1-3-4-5-10-25(31)16-15-22-13-14-24-19-28-23(18-27(22)24)9-7-12-29(28)33-20-30(32)34-26-11-6-8-21(2)17-26/h7,9,12,21-22,24-27,31H,3-6,8,10-11,13-20H2,1-2H3. The molecule has 1 N–H and O–H groups in total. The molecule has 6 unspecified atom stereocenters. The molecule has 2 saturated carbocycles. The van der Waals surface area contributed by atoms with Crippen LogP contribution in [0.1, 0.15) is 102 Å². The number of esters is 1. The topological polar surface area (TPSA) is 55.8 Å². The molecule has 0 amide bonds. The van der Waals surface area contributed by atoms with Gasteiger partial charge in [-0.1, -0.05) is 51.7 Å². The summed E-state index contributed by atoms with van der Waals surface area (Å²) in [7, 11) is 0. The number of aliphatic hydroxyl groups excluding tert-OH is 1. The summed E-state index contributed by atoms with van der Waals surface area (Å²) in [4.78, 5) is 12.4. The minimum absolute atomic E-state index is 0.00791. The summed E-state index contributed by atoms with van der Waals surface area (Å²) in [6.45, 7) is 4.46. The molecular weight excluding hydrogens is 424 g/mol. The summed E-state index contributed by atoms with van der Waals surface area (Å²) in [6.07, 6.45) is 15.7. The van der Waals surface area contributed by atoms with Crippen LogP contribution in [0.2, 0.25) is 0 Å². The van der Waals surface area contributed by atoms with E-state index in [1.807, 2.05) is 6.07 Å². The minimum atomic E-state index is -0.233. The molecule has 0 bridgehead atoms. The number of carbonyl (C=O) groups is 1. The Kier molecular flexibility index (Phi) is 9.33. The molecule has 0 aliphatic heterocycles. The summed E-state index contributed by atoms with van der Waals surface area (Å²) < 4.78 is 11.7. The van der Waals surface area contributed by atoms with Gasteiger partial charge in [0, 0.05) is 0 Å². The van der Waals surface area contributed by atoms with E-state index >= 15 is 0 Å². The highest BCUT2D eigenvalue weighted by Gasteiger charge is 2.40. The van der Waals surface area contributed by atoms with Crippen LogP contribution in [0, 0.1) is 23.7 Å². The van der Waals surface area contributed by atoms with Gasteiger partial charge in [0.15, 0.2) is 6.61 Å². The van der Waals surface area contributed by atoms with Gasteiger partial charge < -0.3 is 14.6 Å². The number of aliphatic hydroxyl groups is 1. The van der Waals surface area contributed by atoms with Crippen LogP contribution in [-0.2, 0) is 22.4 Å². The first-order valence-electron chi connectivity index (χ1n) is 14.1. The smallest absolute Gasteiger partial charge is 0.344 e. The van der Waals surface area contributed by atoms with Crippen molar-refractivity contribution in [2.24, 2.45) is 23.7 Å². The van der Waals surface area contributed by atoms with E-state index in [0.29, 0.717) is 11.8 Å². The van der Waals surface area contributed by atoms with Crippen molar-refractivity contribution in [3.8, 4) is 5.75 Å². The van der Waals surface area contributed by atoms with Gasteiger partial charge in [0.05, 0.1) is 6.10 Å². The largest absolute Gasteiger partial charge is 0.482 e. The van der Waals surface area contributed by atoms with Gasteiger partial charge in [0.2, 0.25) is 0 Å². The van der Waals surface area contributed by atoms with Gasteiger partial charge in [-0.05, 0) is 105 Å². The molecule has 1 aromatic carbocycles. The molecule has 1 aromatic rings. The maximum absolute atomic E-state index is 12.4. The molecule has 0 heterocycles. The summed E-state index contributed by atoms with van der Waals surface area (Å²) in [6, 6.07) is 6.34. The minimum Gasteiger partial charge on any atom is -0.482 e. The lowest BCUT2D eigenvalue weighted by molar-refractivity contribution is -0.153. The molecule has 4 rings (SSSR count). The van der Waals surface area contributed by atoms with Gasteiger partial charge in [-0.3, -0.25) is 0 Å². The first-order chi connectivity index (χ1) is 16.5. The second-order valence-corrected chi connectivity index (χ2v) is 11.5. The number of hydrogen-bond donors (Lipinski definition) is 1. The predicted octanol–water partition coefficient (Wildman–Crippen LogP) is 6.65. The van der Waals surface area contributed by atoms with Crippen LogP contribution in [0.25, 0.3) is 0 Å². The molecule has 4 nitrogen and oxygen atoms in total. The third-order valence-electron chi connectivity index (χ3n) is 8.81. The van der Waals surface area contributed by atoms with Crippen molar-refractivity contribution in [1.29, 1.82) is 0 Å². The summed E-state index contributed by atoms with van der Waals surface area (Å²) >= 11 is 0. The number of benzene rings is 1. The molecule has 0 spiro atoms. The van der Waals surface area contributed by atoms with E-state index in [1.165, 1.54) is 43.2 Å². The molecule has 2 fully saturated rings. The van der Waals surface area contributed by atoms with E-state index in [4.69, 9.17) is 9.47 Å². The maximum Gasteiger partial charge on any atom is 0.344 e. The second kappa shape index (κ2) is 12.4. The van der Waals surface area contributed by atoms with E-state index in [1.54, 1.807) is 0 Å². The summed E-state index contributed by atoms with van der Waals surface area (Å²) in [5.41, 5.74) is 2.70. The molecule has 0 aromatic heterocycles. The fraction of sp³-hybridized carbons (Fsp3) is 0.767. The van der Waals surface area contributed by atoms with Crippen LogP contribution < -0.4 is 4.74 Å². The van der Waals surface area contributed by atoms with Crippen molar-refractivity contribution in [1.82, 2.24) is 0 Å². The Labute approximate surface area is 206 Å². The Bertz CT molecular complexity index is 790. The number of ether oxygens (including phenoxy) is 2. The quantitative estimate of drug-likeness (QED) is 0.291. The van der Waals surface area contributed by atoms with E-state index in [2.05, 4.69) is 26.0 Å². The van der Waals surface area contributed by atoms with Gasteiger partial charge in [0.1, 0.15) is 11.9 Å². The van der Waals surface area contributed by atoms with Crippen LogP contribution in [0.3, 0.4) is 0 Å². The maximum atomic E-state index is 12.4. The number of carbonyl (C=O) groups excluding carboxylic acids is 1. The van der Waals surface area contributed by atoms with Gasteiger partial charge >= 0.3 is 5.97 Å². The third-order valence-corrected chi connectivity index (χ3v) is 8.81. The second-order valence-electron chi connectivity index (χ2n) is 11.5. The van der Waals surface area contributed by atoms with Gasteiger partial charge in [-0.15, -0.1) is 0 Å². The number of rotatable bonds is 11. The molecule has 6 atom stereocenters. The molecule has 3 aliphatic carbocycles. The molecule has 190 valence electrons. The van der Waals surface area contributed by atoms with Crippen LogP contribution in [-0.4, -0.2) is 29.9 Å². The van der Waals surface area contributed by atoms with Crippen LogP contribution in [0.5, 0.6) is 5.75 Å². The van der Waals surface area contributed by atoms with Crippen LogP contribution in [0.15, 0.2) is 18.2 Å². The highest BCUT2D eigenvalue weighted by atomic mass is 16.6. The fourth-order valence-corrected chi connectivity index (χ4v) is 6.89. The number of unbranched alkanes of at least 4 members (excludes halogenated alkanes) is 2. The molecule has 3 aliphatic rings. The molecular formula is C30H46O4. The number of hydrogen-bond acceptors (Lipinski definition) is 4. The van der Waals surface area contributed by atoms with Crippen molar-refractivity contribution in [3.63, 3.8) is 0 Å². The van der Waals surface area contributed by atoms with E-state index < -0.39 is 0 Å². The predicted molar refractivity (Wildman–Crippen MR) is 136 cm³/mol. The lowest BCUT2D eigenvalue weighted by Gasteiger charge is -2.32. The average molecular weight is 471 g/mol. The Morgan fingerprint density at radius 2 is 2.00 bits per heavy atom. The first kappa shape index (κ1) is 25.5. The Morgan fingerprint density at radius 3 is 2.82 bits per heavy atom. The Hall–Kier alpha value is -1.55. The zero-order chi connectivity index (χ0) is 23.9. The van der Waals surface area contributed by atoms with Gasteiger partial charge in [-0.25, -0.2) is 4.79 Å². The summed E-state index contributed by atoms with van der Waals surface area (Å²) in [5, 5.41) is 10.4. The number of fused-ring (bicyclic) bond motifs is 2. The zero-order valence-corrected chi connectivity index (χ0v) is 21.5. The monoisotopic (exact) mass is 470 g/mol. The highest BCUT2D eigenvalue weighted by Crippen LogP contribution is 2.48. The lowest BCUT2D eigenvalue weighted by Crippen LogP contribution is -2.28. The SMILES string of the molecule is CCCCCC(O)CCC1CCC2Cc3c(cccc3OCC(=O)OC3CCCC(C)C3)CC12. The van der Waals surface area contributed by atoms with Gasteiger partial charge in [-0.2, -0.15) is 0 Å². The molecule has 0 saturated heterocycles. The van der Waals surface area contributed by atoms with Crippen LogP contribution in [0.4, 0.5) is 0 Å². The van der Waals surface area contributed by atoms with E-state index in [-0.39, 0.29) is 24.8 Å². The molecule has 0 radical (unpaired) electrons. The zero-order valence-electron chi connectivity index (χ0n) is 21.5. The van der Waals surface area contributed by atoms with Gasteiger partial charge in [0.25, 0.3) is 0 Å². The molecule has 34 heavy (non-hydrogen) atoms. The highest BCUT2D eigenvalue weighted by molar-refractivity contribution is 5.71. The van der Waals surface area contributed by atoms with Crippen molar-refractivity contribution in [2.75, 3.05) is 6.61 Å². The molecule has 4 heteroatoms. The Morgan fingerprint density at radius 1 is 1.12 bits per heavy atom. The van der Waals surface area contributed by atoms with Crippen molar-refractivity contribution >= 4 is 5.97 Å². The fourth-order valence-electron chi connectivity index (χ4n) is 6.89. The summed E-state index contributed by atoms with van der Waals surface area (Å²) in [5.74, 6) is 3.44. The van der Waals surface area contributed by atoms with Crippen molar-refractivity contribution in [2.45, 2.75) is 116 Å². The van der Waals surface area contributed by atoms with Crippen molar-refractivity contribution in [3.05, 3.63) is 29.3 Å². The first-order valence-corrected chi connectivity index (χ1v) is 14.1. The van der Waals surface area contributed by atoms with Crippen molar-refractivity contribution < 1.29 is 19.4 Å². The average Bonchev–Trinajstić information content (AvgIpc) is 3.22. The van der Waals surface area contributed by atoms with E-state index in [9.17, 15) is 9.90 Å². The Balaban J connectivity index is 1.28. The van der Waals surface area contributed by atoms with E-state index in [0.717, 1.165) is 75.4 Å². The van der Waals surface area contributed by atoms with Crippen LogP contribution >= 0.6 is 0 Å².